The van der Waals surface area contributed by atoms with E-state index in [0.29, 0.717) is 29.3 Å². The number of aromatic nitrogens is 2. The monoisotopic (exact) mass is 421 g/mol. The van der Waals surface area contributed by atoms with Crippen molar-refractivity contribution in [3.63, 3.8) is 0 Å². The Labute approximate surface area is 181 Å². The van der Waals surface area contributed by atoms with Gasteiger partial charge in [0.25, 0.3) is 5.56 Å². The van der Waals surface area contributed by atoms with Gasteiger partial charge in [0.2, 0.25) is 0 Å². The minimum atomic E-state index is -0.508. The van der Waals surface area contributed by atoms with E-state index in [1.54, 1.807) is 29.8 Å². The average molecular weight is 422 g/mol. The number of halogens is 1. The van der Waals surface area contributed by atoms with Crippen molar-refractivity contribution >= 4 is 0 Å². The molecule has 1 atom stereocenters. The lowest BCUT2D eigenvalue weighted by molar-refractivity contribution is 0.154. The van der Waals surface area contributed by atoms with Gasteiger partial charge in [-0.25, -0.2) is 4.39 Å². The summed E-state index contributed by atoms with van der Waals surface area (Å²) < 4.78 is 15.8. The molecule has 3 heterocycles. The molecule has 5 nitrogen and oxygen atoms in total. The summed E-state index contributed by atoms with van der Waals surface area (Å²) in [5, 5.41) is 10.9. The second-order valence-electron chi connectivity index (χ2n) is 8.47. The van der Waals surface area contributed by atoms with Gasteiger partial charge in [-0.2, -0.15) is 0 Å². The number of likely N-dealkylation sites (tertiary alicyclic amines) is 1. The number of pyridine rings is 2. The van der Waals surface area contributed by atoms with E-state index in [1.165, 1.54) is 12.1 Å². The third-order valence-corrected chi connectivity index (χ3v) is 6.19. The number of nitrogens with zero attached hydrogens (tertiary/aromatic N) is 3. The highest BCUT2D eigenvalue weighted by Gasteiger charge is 2.31. The van der Waals surface area contributed by atoms with Crippen LogP contribution in [-0.4, -0.2) is 32.6 Å². The zero-order valence-corrected chi connectivity index (χ0v) is 18.0. The predicted octanol–water partition coefficient (Wildman–Crippen LogP) is 4.27. The van der Waals surface area contributed by atoms with Gasteiger partial charge in [-0.1, -0.05) is 25.1 Å². The van der Waals surface area contributed by atoms with Gasteiger partial charge in [-0.15, -0.1) is 0 Å². The van der Waals surface area contributed by atoms with Crippen molar-refractivity contribution < 1.29 is 9.50 Å². The highest BCUT2D eigenvalue weighted by atomic mass is 19.1. The van der Waals surface area contributed by atoms with Gasteiger partial charge in [0.05, 0.1) is 23.8 Å². The minimum Gasteiger partial charge on any atom is -0.507 e. The fraction of sp³-hybridized carbons (Fsp3) is 0.360. The second kappa shape index (κ2) is 9.02. The molecule has 1 saturated heterocycles. The van der Waals surface area contributed by atoms with Crippen LogP contribution in [0.5, 0.6) is 5.75 Å². The van der Waals surface area contributed by atoms with Crippen LogP contribution in [0.3, 0.4) is 0 Å². The van der Waals surface area contributed by atoms with Gasteiger partial charge in [-0.05, 0) is 74.7 Å². The van der Waals surface area contributed by atoms with E-state index in [-0.39, 0.29) is 17.1 Å². The first kappa shape index (κ1) is 21.2. The van der Waals surface area contributed by atoms with E-state index >= 15 is 0 Å². The Morgan fingerprint density at radius 2 is 1.94 bits per heavy atom. The Bertz CT molecular complexity index is 1110. The Balaban J connectivity index is 1.84. The standard InChI is InChI=1S/C25H28FN3O2/c1-17-9-12-28(13-10-17)24(19-6-5-7-20(26)15-19)23-22(30)14-18(2)29(25(23)31)16-21-8-3-4-11-27-21/h3-8,11,14-15,17,24,30H,9-10,12-13,16H2,1-2H3/t24-/m0/s1. The van der Waals surface area contributed by atoms with Crippen LogP contribution in [0.2, 0.25) is 0 Å². The lowest BCUT2D eigenvalue weighted by Crippen LogP contribution is -2.40. The minimum absolute atomic E-state index is 0.0485. The third-order valence-electron chi connectivity index (χ3n) is 6.19. The molecule has 0 bridgehead atoms. The summed E-state index contributed by atoms with van der Waals surface area (Å²) in [7, 11) is 0. The quantitative estimate of drug-likeness (QED) is 0.669. The van der Waals surface area contributed by atoms with Crippen molar-refractivity contribution in [1.29, 1.82) is 0 Å². The van der Waals surface area contributed by atoms with Crippen molar-refractivity contribution in [3.05, 3.63) is 93.4 Å². The van der Waals surface area contributed by atoms with Gasteiger partial charge < -0.3 is 9.67 Å². The summed E-state index contributed by atoms with van der Waals surface area (Å²) >= 11 is 0. The fourth-order valence-corrected chi connectivity index (χ4v) is 4.40. The highest BCUT2D eigenvalue weighted by Crippen LogP contribution is 2.35. The van der Waals surface area contributed by atoms with Gasteiger partial charge in [0.1, 0.15) is 11.6 Å². The van der Waals surface area contributed by atoms with E-state index in [4.69, 9.17) is 0 Å². The molecule has 0 spiro atoms. The molecule has 0 amide bonds. The summed E-state index contributed by atoms with van der Waals surface area (Å²) in [6.07, 6.45) is 3.70. The van der Waals surface area contributed by atoms with Crippen LogP contribution in [0, 0.1) is 18.7 Å². The van der Waals surface area contributed by atoms with Crippen LogP contribution in [0.15, 0.2) is 59.5 Å². The molecule has 162 valence electrons. The van der Waals surface area contributed by atoms with Crippen molar-refractivity contribution in [2.75, 3.05) is 13.1 Å². The van der Waals surface area contributed by atoms with E-state index in [2.05, 4.69) is 16.8 Å². The summed E-state index contributed by atoms with van der Waals surface area (Å²) in [5.74, 6) is 0.206. The molecule has 1 aliphatic rings. The van der Waals surface area contributed by atoms with E-state index in [0.717, 1.165) is 31.6 Å². The van der Waals surface area contributed by atoms with Gasteiger partial charge in [0, 0.05) is 11.9 Å². The van der Waals surface area contributed by atoms with Crippen LogP contribution in [0.1, 0.15) is 48.3 Å². The maximum Gasteiger partial charge on any atom is 0.260 e. The molecule has 1 fully saturated rings. The second-order valence-corrected chi connectivity index (χ2v) is 8.47. The van der Waals surface area contributed by atoms with Crippen molar-refractivity contribution in [2.45, 2.75) is 39.3 Å². The lowest BCUT2D eigenvalue weighted by atomic mass is 9.92. The number of aromatic hydroxyl groups is 1. The summed E-state index contributed by atoms with van der Waals surface area (Å²) in [6, 6.07) is 13.0. The Hall–Kier alpha value is -2.99. The molecule has 0 aliphatic carbocycles. The van der Waals surface area contributed by atoms with Gasteiger partial charge in [0.15, 0.2) is 0 Å². The van der Waals surface area contributed by atoms with E-state index < -0.39 is 6.04 Å². The number of aryl methyl sites for hydroxylation is 1. The van der Waals surface area contributed by atoms with Crippen molar-refractivity contribution in [1.82, 2.24) is 14.5 Å². The first-order chi connectivity index (χ1) is 14.9. The maximum atomic E-state index is 14.1. The number of benzene rings is 1. The summed E-state index contributed by atoms with van der Waals surface area (Å²) in [6.45, 7) is 5.90. The van der Waals surface area contributed by atoms with Gasteiger partial charge in [-0.3, -0.25) is 14.7 Å². The molecule has 6 heteroatoms. The molecule has 3 aromatic rings. The van der Waals surface area contributed by atoms with E-state index in [1.807, 2.05) is 24.3 Å². The normalized spacial score (nSPS) is 16.4. The van der Waals surface area contributed by atoms with Crippen LogP contribution in [-0.2, 0) is 6.54 Å². The maximum absolute atomic E-state index is 14.1. The molecule has 31 heavy (non-hydrogen) atoms. The molecule has 0 radical (unpaired) electrons. The van der Waals surface area contributed by atoms with Gasteiger partial charge >= 0.3 is 0 Å². The van der Waals surface area contributed by atoms with Crippen molar-refractivity contribution in [2.24, 2.45) is 5.92 Å². The molecule has 1 N–H and O–H groups in total. The molecule has 1 aliphatic heterocycles. The molecule has 4 rings (SSSR count). The average Bonchev–Trinajstić information content (AvgIpc) is 2.76. The van der Waals surface area contributed by atoms with Crippen LogP contribution in [0.4, 0.5) is 4.39 Å². The number of hydrogen-bond donors (Lipinski definition) is 1. The highest BCUT2D eigenvalue weighted by molar-refractivity contribution is 5.41. The zero-order chi connectivity index (χ0) is 22.0. The fourth-order valence-electron chi connectivity index (χ4n) is 4.40. The lowest BCUT2D eigenvalue weighted by Gasteiger charge is -2.37. The van der Waals surface area contributed by atoms with Crippen LogP contribution in [0.25, 0.3) is 0 Å². The topological polar surface area (TPSA) is 58.4 Å². The zero-order valence-electron chi connectivity index (χ0n) is 18.0. The Morgan fingerprint density at radius 3 is 2.61 bits per heavy atom. The Kier molecular flexibility index (Phi) is 6.18. The molecule has 2 aromatic heterocycles. The largest absolute Gasteiger partial charge is 0.507 e. The number of rotatable bonds is 5. The molecular weight excluding hydrogens is 393 g/mol. The van der Waals surface area contributed by atoms with E-state index in [9.17, 15) is 14.3 Å². The number of piperidine rings is 1. The molecule has 0 saturated carbocycles. The Morgan fingerprint density at radius 1 is 1.16 bits per heavy atom. The smallest absolute Gasteiger partial charge is 0.260 e. The summed E-state index contributed by atoms with van der Waals surface area (Å²) in [5.41, 5.74) is 2.12. The number of hydrogen-bond acceptors (Lipinski definition) is 4. The molecule has 1 aromatic carbocycles. The van der Waals surface area contributed by atoms with Crippen molar-refractivity contribution in [3.8, 4) is 5.75 Å². The molecule has 0 unspecified atom stereocenters. The third kappa shape index (κ3) is 4.54. The predicted molar refractivity (Wildman–Crippen MR) is 119 cm³/mol. The SMILES string of the molecule is Cc1cc(O)c([C@H](c2cccc(F)c2)N2CCC(C)CC2)c(=O)n1Cc1ccccn1. The summed E-state index contributed by atoms with van der Waals surface area (Å²) in [4.78, 5) is 20.2. The van der Waals surface area contributed by atoms with Crippen LogP contribution < -0.4 is 5.56 Å². The first-order valence-corrected chi connectivity index (χ1v) is 10.8. The first-order valence-electron chi connectivity index (χ1n) is 10.8. The molecular formula is C25H28FN3O2. The van der Waals surface area contributed by atoms with Crippen LogP contribution >= 0.6 is 0 Å².